The predicted molar refractivity (Wildman–Crippen MR) is 81.8 cm³/mol. The summed E-state index contributed by atoms with van der Waals surface area (Å²) in [4.78, 5) is 12.4. The van der Waals surface area contributed by atoms with E-state index in [1.165, 1.54) is 44.1 Å². The van der Waals surface area contributed by atoms with Gasteiger partial charge in [-0.15, -0.1) is 0 Å². The van der Waals surface area contributed by atoms with Gasteiger partial charge in [0, 0.05) is 11.7 Å². The Balaban J connectivity index is 1.65. The van der Waals surface area contributed by atoms with Crippen molar-refractivity contribution < 1.29 is 4.79 Å². The van der Waals surface area contributed by atoms with Gasteiger partial charge in [0.05, 0.1) is 6.04 Å². The van der Waals surface area contributed by atoms with E-state index >= 15 is 0 Å². The van der Waals surface area contributed by atoms with Gasteiger partial charge in [0.25, 0.3) is 0 Å². The molecular weight excluding hydrogens is 248 g/mol. The summed E-state index contributed by atoms with van der Waals surface area (Å²) in [6.07, 6.45) is 9.60. The number of carbonyl (C=O) groups excluding carboxylic acids is 1. The van der Waals surface area contributed by atoms with E-state index in [9.17, 15) is 4.79 Å². The highest BCUT2D eigenvalue weighted by Gasteiger charge is 2.25. The Kier molecular flexibility index (Phi) is 4.36. The number of hydrogen-bond donors (Lipinski definition) is 2. The quantitative estimate of drug-likeness (QED) is 0.811. The third-order valence-corrected chi connectivity index (χ3v) is 4.59. The van der Waals surface area contributed by atoms with Crippen molar-refractivity contribution in [2.75, 3.05) is 5.32 Å². The maximum absolute atomic E-state index is 12.4. The molecule has 108 valence electrons. The molecule has 1 fully saturated rings. The standard InChI is InChI=1S/C17H24N2O/c20-17-16(18-14-8-3-1-2-4-9-14)12-11-13-7-5-6-10-15(13)19-17/h5-7,10,14,16,18H,1-4,8-9,11-12H2,(H,19,20). The van der Waals surface area contributed by atoms with Gasteiger partial charge in [-0.2, -0.15) is 0 Å². The van der Waals surface area contributed by atoms with Gasteiger partial charge < -0.3 is 10.6 Å². The van der Waals surface area contributed by atoms with Crippen LogP contribution in [0.2, 0.25) is 0 Å². The molecule has 1 aliphatic carbocycles. The number of para-hydroxylation sites is 1. The van der Waals surface area contributed by atoms with Crippen molar-refractivity contribution in [3.8, 4) is 0 Å². The minimum absolute atomic E-state index is 0.0366. The molecule has 3 heteroatoms. The minimum atomic E-state index is -0.0366. The van der Waals surface area contributed by atoms with Gasteiger partial charge in [0.15, 0.2) is 0 Å². The molecule has 1 aromatic carbocycles. The number of benzene rings is 1. The van der Waals surface area contributed by atoms with Crippen molar-refractivity contribution in [2.24, 2.45) is 0 Å². The lowest BCUT2D eigenvalue weighted by molar-refractivity contribution is -0.118. The van der Waals surface area contributed by atoms with Crippen LogP contribution >= 0.6 is 0 Å². The number of rotatable bonds is 2. The van der Waals surface area contributed by atoms with Crippen LogP contribution in [-0.4, -0.2) is 18.0 Å². The van der Waals surface area contributed by atoms with Gasteiger partial charge >= 0.3 is 0 Å². The summed E-state index contributed by atoms with van der Waals surface area (Å²) < 4.78 is 0. The molecule has 3 nitrogen and oxygen atoms in total. The monoisotopic (exact) mass is 272 g/mol. The van der Waals surface area contributed by atoms with E-state index in [0.717, 1.165) is 18.5 Å². The maximum Gasteiger partial charge on any atom is 0.241 e. The third kappa shape index (κ3) is 3.21. The molecule has 1 unspecified atom stereocenters. The smallest absolute Gasteiger partial charge is 0.241 e. The van der Waals surface area contributed by atoms with Crippen LogP contribution in [0, 0.1) is 0 Å². The van der Waals surface area contributed by atoms with E-state index in [1.807, 2.05) is 18.2 Å². The molecule has 0 spiro atoms. The van der Waals surface area contributed by atoms with Crippen molar-refractivity contribution in [3.05, 3.63) is 29.8 Å². The fraction of sp³-hybridized carbons (Fsp3) is 0.588. The summed E-state index contributed by atoms with van der Waals surface area (Å²) in [6.45, 7) is 0. The minimum Gasteiger partial charge on any atom is -0.324 e. The van der Waals surface area contributed by atoms with E-state index in [0.29, 0.717) is 6.04 Å². The number of anilines is 1. The van der Waals surface area contributed by atoms with Crippen LogP contribution in [0.25, 0.3) is 0 Å². The van der Waals surface area contributed by atoms with Gasteiger partial charge in [0.1, 0.15) is 0 Å². The third-order valence-electron chi connectivity index (χ3n) is 4.59. The highest BCUT2D eigenvalue weighted by atomic mass is 16.2. The topological polar surface area (TPSA) is 41.1 Å². The lowest BCUT2D eigenvalue weighted by atomic mass is 10.0. The first-order valence-electron chi connectivity index (χ1n) is 7.98. The average molecular weight is 272 g/mol. The largest absolute Gasteiger partial charge is 0.324 e. The molecule has 1 atom stereocenters. The molecule has 0 aromatic heterocycles. The normalized spacial score (nSPS) is 24.4. The molecule has 0 bridgehead atoms. The van der Waals surface area contributed by atoms with E-state index in [-0.39, 0.29) is 11.9 Å². The second-order valence-electron chi connectivity index (χ2n) is 6.09. The SMILES string of the molecule is O=C1Nc2ccccc2CCC1NC1CCCCCC1. The number of fused-ring (bicyclic) bond motifs is 1. The van der Waals surface area contributed by atoms with Crippen LogP contribution in [0.3, 0.4) is 0 Å². The molecule has 1 aliphatic heterocycles. The second-order valence-corrected chi connectivity index (χ2v) is 6.09. The molecule has 1 amide bonds. The Morgan fingerprint density at radius 1 is 1.00 bits per heavy atom. The predicted octanol–water partition coefficient (Wildman–Crippen LogP) is 3.25. The number of hydrogen-bond acceptors (Lipinski definition) is 2. The number of aryl methyl sites for hydroxylation is 1. The molecule has 0 saturated heterocycles. The van der Waals surface area contributed by atoms with Crippen molar-refractivity contribution in [2.45, 2.75) is 63.5 Å². The number of amides is 1. The van der Waals surface area contributed by atoms with Crippen molar-refractivity contribution in [1.29, 1.82) is 0 Å². The zero-order valence-corrected chi connectivity index (χ0v) is 12.0. The molecule has 0 radical (unpaired) electrons. The second kappa shape index (κ2) is 6.40. The Hall–Kier alpha value is -1.35. The van der Waals surface area contributed by atoms with Gasteiger partial charge in [-0.3, -0.25) is 4.79 Å². The molecular formula is C17H24N2O. The molecule has 1 saturated carbocycles. The van der Waals surface area contributed by atoms with Crippen LogP contribution in [-0.2, 0) is 11.2 Å². The molecule has 1 aromatic rings. The molecule has 1 heterocycles. The Bertz CT molecular complexity index is 464. The first-order chi connectivity index (χ1) is 9.83. The van der Waals surface area contributed by atoms with Crippen LogP contribution in [0.1, 0.15) is 50.5 Å². The van der Waals surface area contributed by atoms with Gasteiger partial charge in [0.2, 0.25) is 5.91 Å². The first kappa shape index (κ1) is 13.6. The van der Waals surface area contributed by atoms with Crippen LogP contribution in [0.4, 0.5) is 5.69 Å². The molecule has 3 rings (SSSR count). The van der Waals surface area contributed by atoms with Crippen molar-refractivity contribution in [3.63, 3.8) is 0 Å². The number of carbonyl (C=O) groups is 1. The van der Waals surface area contributed by atoms with E-state index < -0.39 is 0 Å². The van der Waals surface area contributed by atoms with Gasteiger partial charge in [-0.05, 0) is 37.3 Å². The summed E-state index contributed by atoms with van der Waals surface area (Å²) in [6, 6.07) is 8.63. The van der Waals surface area contributed by atoms with E-state index in [4.69, 9.17) is 0 Å². The summed E-state index contributed by atoms with van der Waals surface area (Å²) in [5.74, 6) is 0.138. The molecule has 2 aliphatic rings. The number of nitrogens with one attached hydrogen (secondary N) is 2. The van der Waals surface area contributed by atoms with Crippen molar-refractivity contribution >= 4 is 11.6 Å². The average Bonchev–Trinajstić information content (AvgIpc) is 2.80. The highest BCUT2D eigenvalue weighted by Crippen LogP contribution is 2.23. The van der Waals surface area contributed by atoms with Crippen LogP contribution < -0.4 is 10.6 Å². The van der Waals surface area contributed by atoms with E-state index in [2.05, 4.69) is 16.7 Å². The Morgan fingerprint density at radius 3 is 2.55 bits per heavy atom. The molecule has 20 heavy (non-hydrogen) atoms. The Morgan fingerprint density at radius 2 is 1.75 bits per heavy atom. The first-order valence-corrected chi connectivity index (χ1v) is 7.98. The highest BCUT2D eigenvalue weighted by molar-refractivity contribution is 5.96. The molecule has 2 N–H and O–H groups in total. The fourth-order valence-corrected chi connectivity index (χ4v) is 3.40. The lowest BCUT2D eigenvalue weighted by Gasteiger charge is -2.22. The summed E-state index contributed by atoms with van der Waals surface area (Å²) in [5.41, 5.74) is 2.24. The zero-order valence-electron chi connectivity index (χ0n) is 12.0. The van der Waals surface area contributed by atoms with Crippen LogP contribution in [0.5, 0.6) is 0 Å². The summed E-state index contributed by atoms with van der Waals surface area (Å²) >= 11 is 0. The Labute approximate surface area is 121 Å². The zero-order chi connectivity index (χ0) is 13.8. The van der Waals surface area contributed by atoms with Gasteiger partial charge in [-0.1, -0.05) is 43.9 Å². The lowest BCUT2D eigenvalue weighted by Crippen LogP contribution is -2.45. The van der Waals surface area contributed by atoms with Crippen LogP contribution in [0.15, 0.2) is 24.3 Å². The van der Waals surface area contributed by atoms with E-state index in [1.54, 1.807) is 0 Å². The summed E-state index contributed by atoms with van der Waals surface area (Å²) in [7, 11) is 0. The fourth-order valence-electron chi connectivity index (χ4n) is 3.40. The van der Waals surface area contributed by atoms with Gasteiger partial charge in [-0.25, -0.2) is 0 Å². The van der Waals surface area contributed by atoms with Crippen molar-refractivity contribution in [1.82, 2.24) is 5.32 Å². The maximum atomic E-state index is 12.4. The summed E-state index contributed by atoms with van der Waals surface area (Å²) in [5, 5.41) is 6.69.